The third-order valence-corrected chi connectivity index (χ3v) is 2.35. The predicted molar refractivity (Wildman–Crippen MR) is 58.3 cm³/mol. The minimum absolute atomic E-state index is 0.00467. The van der Waals surface area contributed by atoms with Crippen molar-refractivity contribution < 1.29 is 14.7 Å². The van der Waals surface area contributed by atoms with E-state index in [1.54, 1.807) is 12.2 Å². The first kappa shape index (κ1) is 12.3. The Morgan fingerprint density at radius 3 is 2.69 bits per heavy atom. The molecule has 1 aliphatic rings. The molecule has 0 saturated carbocycles. The lowest BCUT2D eigenvalue weighted by Crippen LogP contribution is -2.39. The van der Waals surface area contributed by atoms with Crippen molar-refractivity contribution in [2.75, 3.05) is 13.1 Å². The van der Waals surface area contributed by atoms with Crippen LogP contribution < -0.4 is 5.73 Å². The second kappa shape index (κ2) is 5.33. The maximum Gasteiger partial charge on any atom is 0.323 e. The van der Waals surface area contributed by atoms with Crippen molar-refractivity contribution in [2.45, 2.75) is 12.5 Å². The van der Waals surface area contributed by atoms with E-state index in [1.165, 1.54) is 0 Å². The number of nitrogens with two attached hydrogens (primary N) is 1. The van der Waals surface area contributed by atoms with E-state index in [2.05, 4.69) is 5.92 Å². The predicted octanol–water partition coefficient (Wildman–Crippen LogP) is -0.564. The molecule has 0 saturated heterocycles. The van der Waals surface area contributed by atoms with Crippen LogP contribution in [-0.4, -0.2) is 41.0 Å². The molecule has 1 amide bonds. The van der Waals surface area contributed by atoms with Gasteiger partial charge in [-0.1, -0.05) is 18.1 Å². The smallest absolute Gasteiger partial charge is 0.323 e. The van der Waals surface area contributed by atoms with Gasteiger partial charge in [0.05, 0.1) is 12.5 Å². The topological polar surface area (TPSA) is 83.6 Å². The zero-order chi connectivity index (χ0) is 12.1. The summed E-state index contributed by atoms with van der Waals surface area (Å²) in [6.07, 6.45) is 9.06. The Hall–Kier alpha value is -1.80. The first-order valence-electron chi connectivity index (χ1n) is 4.92. The van der Waals surface area contributed by atoms with Crippen molar-refractivity contribution >= 4 is 11.9 Å². The Morgan fingerprint density at radius 1 is 1.56 bits per heavy atom. The van der Waals surface area contributed by atoms with Crippen LogP contribution >= 0.6 is 0 Å². The van der Waals surface area contributed by atoms with E-state index >= 15 is 0 Å². The van der Waals surface area contributed by atoms with Crippen molar-refractivity contribution in [1.29, 1.82) is 0 Å². The Bertz CT molecular complexity index is 357. The molecule has 0 heterocycles. The fourth-order valence-corrected chi connectivity index (χ4v) is 1.63. The van der Waals surface area contributed by atoms with Gasteiger partial charge in [-0.3, -0.25) is 9.59 Å². The lowest BCUT2D eigenvalue weighted by atomic mass is 10.1. The van der Waals surface area contributed by atoms with E-state index in [0.717, 1.165) is 4.90 Å². The van der Waals surface area contributed by atoms with Crippen LogP contribution in [0.15, 0.2) is 12.2 Å². The third kappa shape index (κ3) is 3.11. The quantitative estimate of drug-likeness (QED) is 0.493. The van der Waals surface area contributed by atoms with Gasteiger partial charge in [-0.25, -0.2) is 0 Å². The minimum Gasteiger partial charge on any atom is -0.480 e. The number of rotatable bonds is 4. The number of hydrogen-bond donors (Lipinski definition) is 2. The standard InChI is InChI=1S/C11H14N2O3/c1-2-5-13(7-10(14)15)11(16)8-3-4-9(12)6-8/h1,3-4,8-9H,5-7,12H2,(H,14,15). The van der Waals surface area contributed by atoms with Gasteiger partial charge in [0.15, 0.2) is 0 Å². The SMILES string of the molecule is C#CCN(CC(=O)O)C(=O)C1C=CC(N)C1. The molecular weight excluding hydrogens is 208 g/mol. The normalized spacial score (nSPS) is 22.8. The number of carbonyl (C=O) groups excluding carboxylic acids is 1. The van der Waals surface area contributed by atoms with Crippen LogP contribution in [0.25, 0.3) is 0 Å². The molecule has 5 nitrogen and oxygen atoms in total. The van der Waals surface area contributed by atoms with Gasteiger partial charge in [0.25, 0.3) is 0 Å². The summed E-state index contributed by atoms with van der Waals surface area (Å²) in [6, 6.07) is -0.133. The molecule has 3 N–H and O–H groups in total. The molecule has 0 spiro atoms. The molecule has 0 aromatic rings. The van der Waals surface area contributed by atoms with Crippen LogP contribution in [-0.2, 0) is 9.59 Å². The van der Waals surface area contributed by atoms with E-state index in [9.17, 15) is 9.59 Å². The second-order valence-electron chi connectivity index (χ2n) is 3.68. The minimum atomic E-state index is -1.07. The molecule has 2 unspecified atom stereocenters. The molecule has 16 heavy (non-hydrogen) atoms. The average Bonchev–Trinajstić information content (AvgIpc) is 2.62. The van der Waals surface area contributed by atoms with E-state index < -0.39 is 5.97 Å². The highest BCUT2D eigenvalue weighted by molar-refractivity contribution is 5.85. The van der Waals surface area contributed by atoms with Gasteiger partial charge in [0.2, 0.25) is 5.91 Å². The Morgan fingerprint density at radius 2 is 2.25 bits per heavy atom. The van der Waals surface area contributed by atoms with Crippen LogP contribution in [0.2, 0.25) is 0 Å². The van der Waals surface area contributed by atoms with Gasteiger partial charge in [-0.15, -0.1) is 6.42 Å². The second-order valence-corrected chi connectivity index (χ2v) is 3.68. The highest BCUT2D eigenvalue weighted by Crippen LogP contribution is 2.18. The molecular formula is C11H14N2O3. The summed E-state index contributed by atoms with van der Waals surface area (Å²) in [5.41, 5.74) is 5.62. The van der Waals surface area contributed by atoms with Crippen LogP contribution in [0, 0.1) is 18.3 Å². The number of amides is 1. The highest BCUT2D eigenvalue weighted by atomic mass is 16.4. The van der Waals surface area contributed by atoms with Crippen molar-refractivity contribution in [1.82, 2.24) is 4.90 Å². The first-order chi connectivity index (χ1) is 7.54. The van der Waals surface area contributed by atoms with E-state index in [4.69, 9.17) is 17.3 Å². The zero-order valence-electron chi connectivity index (χ0n) is 8.80. The summed E-state index contributed by atoms with van der Waals surface area (Å²) < 4.78 is 0. The van der Waals surface area contributed by atoms with Crippen molar-refractivity contribution in [3.8, 4) is 12.3 Å². The number of terminal acetylenes is 1. The van der Waals surface area contributed by atoms with Crippen LogP contribution in [0.1, 0.15) is 6.42 Å². The lowest BCUT2D eigenvalue weighted by molar-refractivity contribution is -0.145. The monoisotopic (exact) mass is 222 g/mol. The van der Waals surface area contributed by atoms with Gasteiger partial charge in [-0.2, -0.15) is 0 Å². The average molecular weight is 222 g/mol. The number of carboxylic acid groups (broad SMARTS) is 1. The molecule has 0 aromatic heterocycles. The maximum absolute atomic E-state index is 11.9. The Kier molecular flexibility index (Phi) is 4.09. The number of nitrogens with zero attached hydrogens (tertiary/aromatic N) is 1. The molecule has 86 valence electrons. The van der Waals surface area contributed by atoms with E-state index in [-0.39, 0.29) is 31.0 Å². The van der Waals surface area contributed by atoms with Crippen molar-refractivity contribution in [2.24, 2.45) is 11.7 Å². The van der Waals surface area contributed by atoms with Gasteiger partial charge in [0, 0.05) is 6.04 Å². The molecule has 2 atom stereocenters. The molecule has 0 fully saturated rings. The molecule has 0 radical (unpaired) electrons. The third-order valence-electron chi connectivity index (χ3n) is 2.35. The van der Waals surface area contributed by atoms with Gasteiger partial charge in [-0.05, 0) is 6.42 Å². The van der Waals surface area contributed by atoms with Crippen LogP contribution in [0.5, 0.6) is 0 Å². The summed E-state index contributed by atoms with van der Waals surface area (Å²) in [4.78, 5) is 23.6. The maximum atomic E-state index is 11.9. The van der Waals surface area contributed by atoms with E-state index in [1.807, 2.05) is 0 Å². The van der Waals surface area contributed by atoms with E-state index in [0.29, 0.717) is 6.42 Å². The fourth-order valence-electron chi connectivity index (χ4n) is 1.63. The molecule has 0 bridgehead atoms. The summed E-state index contributed by atoms with van der Waals surface area (Å²) in [7, 11) is 0. The van der Waals surface area contributed by atoms with Gasteiger partial charge < -0.3 is 15.7 Å². The van der Waals surface area contributed by atoms with Crippen LogP contribution in [0.4, 0.5) is 0 Å². The van der Waals surface area contributed by atoms with Crippen molar-refractivity contribution in [3.63, 3.8) is 0 Å². The Labute approximate surface area is 93.9 Å². The molecule has 0 aromatic carbocycles. The van der Waals surface area contributed by atoms with Crippen molar-refractivity contribution in [3.05, 3.63) is 12.2 Å². The molecule has 1 aliphatic carbocycles. The van der Waals surface area contributed by atoms with Crippen LogP contribution in [0.3, 0.4) is 0 Å². The zero-order valence-corrected chi connectivity index (χ0v) is 8.80. The lowest BCUT2D eigenvalue weighted by Gasteiger charge is -2.21. The van der Waals surface area contributed by atoms with Gasteiger partial charge in [0.1, 0.15) is 6.54 Å². The summed E-state index contributed by atoms with van der Waals surface area (Å²) >= 11 is 0. The molecule has 0 aliphatic heterocycles. The highest BCUT2D eigenvalue weighted by Gasteiger charge is 2.27. The largest absolute Gasteiger partial charge is 0.480 e. The molecule has 5 heteroatoms. The number of hydrogen-bond acceptors (Lipinski definition) is 3. The summed E-state index contributed by atoms with van der Waals surface area (Å²) in [5, 5.41) is 8.65. The number of aliphatic carboxylic acids is 1. The van der Waals surface area contributed by atoms with Gasteiger partial charge >= 0.3 is 5.97 Å². The summed E-state index contributed by atoms with van der Waals surface area (Å²) in [6.45, 7) is -0.368. The first-order valence-corrected chi connectivity index (χ1v) is 4.92. The Balaban J connectivity index is 2.64. The number of carboxylic acids is 1. The number of carbonyl (C=O) groups is 2. The molecule has 1 rings (SSSR count). The summed E-state index contributed by atoms with van der Waals surface area (Å²) in [5.74, 6) is 0.583. The fraction of sp³-hybridized carbons (Fsp3) is 0.455.